The Morgan fingerprint density at radius 2 is 1.71 bits per heavy atom. The lowest BCUT2D eigenvalue weighted by Crippen LogP contribution is -2.59. The van der Waals surface area contributed by atoms with Crippen molar-refractivity contribution in [3.8, 4) is 0 Å². The van der Waals surface area contributed by atoms with Gasteiger partial charge in [0, 0.05) is 24.7 Å². The molecule has 0 aromatic heterocycles. The minimum Gasteiger partial charge on any atom is -0.329 e. The molecule has 0 spiro atoms. The van der Waals surface area contributed by atoms with E-state index in [2.05, 4.69) is 39.5 Å². The first-order valence-corrected chi connectivity index (χ1v) is 7.38. The molecule has 0 aromatic rings. The second kappa shape index (κ2) is 6.19. The Bertz CT molecular complexity index is 219. The van der Waals surface area contributed by atoms with Crippen molar-refractivity contribution in [2.45, 2.75) is 71.9 Å². The van der Waals surface area contributed by atoms with Crippen LogP contribution in [0.4, 0.5) is 0 Å². The quantitative estimate of drug-likeness (QED) is 0.772. The number of hydrogen-bond donors (Lipinski definition) is 1. The molecule has 1 unspecified atom stereocenters. The van der Waals surface area contributed by atoms with Crippen LogP contribution in [-0.2, 0) is 0 Å². The van der Waals surface area contributed by atoms with Crippen LogP contribution in [0.1, 0.15) is 60.3 Å². The summed E-state index contributed by atoms with van der Waals surface area (Å²) in [7, 11) is 0. The predicted molar refractivity (Wildman–Crippen MR) is 76.1 cm³/mol. The zero-order valence-corrected chi connectivity index (χ0v) is 12.5. The summed E-state index contributed by atoms with van der Waals surface area (Å²) in [5, 5.41) is 0. The van der Waals surface area contributed by atoms with E-state index in [-0.39, 0.29) is 5.54 Å². The summed E-state index contributed by atoms with van der Waals surface area (Å²) in [6, 6.07) is 0.772. The van der Waals surface area contributed by atoms with Gasteiger partial charge in [-0.2, -0.15) is 0 Å². The van der Waals surface area contributed by atoms with E-state index >= 15 is 0 Å². The van der Waals surface area contributed by atoms with Crippen molar-refractivity contribution >= 4 is 0 Å². The molecule has 1 saturated carbocycles. The van der Waals surface area contributed by atoms with Gasteiger partial charge in [0.15, 0.2) is 0 Å². The summed E-state index contributed by atoms with van der Waals surface area (Å²) in [6.45, 7) is 13.6. The van der Waals surface area contributed by atoms with Crippen molar-refractivity contribution in [3.63, 3.8) is 0 Å². The summed E-state index contributed by atoms with van der Waals surface area (Å²) in [4.78, 5) is 2.73. The van der Waals surface area contributed by atoms with Gasteiger partial charge < -0.3 is 5.73 Å². The highest BCUT2D eigenvalue weighted by Crippen LogP contribution is 2.33. The molecule has 1 atom stereocenters. The molecular formula is C15H32N2. The number of nitrogens with two attached hydrogens (primary N) is 1. The molecule has 0 saturated heterocycles. The van der Waals surface area contributed by atoms with E-state index in [1.165, 1.54) is 32.2 Å². The smallest absolute Gasteiger partial charge is 0.0329 e. The topological polar surface area (TPSA) is 29.3 Å². The van der Waals surface area contributed by atoms with Crippen molar-refractivity contribution < 1.29 is 0 Å². The summed E-state index contributed by atoms with van der Waals surface area (Å²) >= 11 is 0. The minimum atomic E-state index is 0.166. The van der Waals surface area contributed by atoms with Crippen LogP contribution < -0.4 is 5.73 Å². The standard InChI is InChI=1S/C15H32N2/c1-12(2)10-17(14-8-6-7-9-14)15(5,11-16)13(3)4/h12-14H,6-11,16H2,1-5H3. The van der Waals surface area contributed by atoms with Crippen molar-refractivity contribution in [2.24, 2.45) is 17.6 Å². The monoisotopic (exact) mass is 240 g/mol. The zero-order chi connectivity index (χ0) is 13.1. The average molecular weight is 240 g/mol. The molecule has 0 radical (unpaired) electrons. The first-order chi connectivity index (χ1) is 7.91. The molecule has 1 aliphatic rings. The minimum absolute atomic E-state index is 0.166. The van der Waals surface area contributed by atoms with E-state index in [9.17, 15) is 0 Å². The molecule has 0 bridgehead atoms. The molecular weight excluding hydrogens is 208 g/mol. The second-order valence-corrected chi connectivity index (χ2v) is 6.70. The molecule has 102 valence electrons. The van der Waals surface area contributed by atoms with E-state index in [1.54, 1.807) is 0 Å². The van der Waals surface area contributed by atoms with Crippen molar-refractivity contribution in [2.75, 3.05) is 13.1 Å². The fourth-order valence-electron chi connectivity index (χ4n) is 3.07. The maximum Gasteiger partial charge on any atom is 0.0329 e. The van der Waals surface area contributed by atoms with Gasteiger partial charge in [0.05, 0.1) is 0 Å². The summed E-state index contributed by atoms with van der Waals surface area (Å²) in [6.07, 6.45) is 5.54. The first kappa shape index (κ1) is 15.0. The lowest BCUT2D eigenvalue weighted by Gasteiger charge is -2.48. The summed E-state index contributed by atoms with van der Waals surface area (Å²) < 4.78 is 0. The third kappa shape index (κ3) is 3.45. The Morgan fingerprint density at radius 1 is 1.18 bits per heavy atom. The second-order valence-electron chi connectivity index (χ2n) is 6.70. The zero-order valence-electron chi connectivity index (χ0n) is 12.5. The number of nitrogens with zero attached hydrogens (tertiary/aromatic N) is 1. The molecule has 1 fully saturated rings. The van der Waals surface area contributed by atoms with Gasteiger partial charge in [-0.15, -0.1) is 0 Å². The fraction of sp³-hybridized carbons (Fsp3) is 1.00. The lowest BCUT2D eigenvalue weighted by molar-refractivity contribution is 0.0177. The molecule has 0 heterocycles. The predicted octanol–water partition coefficient (Wildman–Crippen LogP) is 3.26. The maximum absolute atomic E-state index is 6.11. The molecule has 0 aliphatic heterocycles. The van der Waals surface area contributed by atoms with Crippen LogP contribution in [0.25, 0.3) is 0 Å². The summed E-state index contributed by atoms with van der Waals surface area (Å²) in [5.74, 6) is 1.34. The normalized spacial score (nSPS) is 21.7. The van der Waals surface area contributed by atoms with E-state index in [4.69, 9.17) is 5.73 Å². The Hall–Kier alpha value is -0.0800. The molecule has 17 heavy (non-hydrogen) atoms. The maximum atomic E-state index is 6.11. The van der Waals surface area contributed by atoms with Crippen molar-refractivity contribution in [1.29, 1.82) is 0 Å². The highest BCUT2D eigenvalue weighted by Gasteiger charge is 2.38. The highest BCUT2D eigenvalue weighted by molar-refractivity contribution is 4.95. The highest BCUT2D eigenvalue weighted by atomic mass is 15.2. The van der Waals surface area contributed by atoms with Crippen LogP contribution in [0, 0.1) is 11.8 Å². The van der Waals surface area contributed by atoms with Gasteiger partial charge in [0.1, 0.15) is 0 Å². The molecule has 1 aliphatic carbocycles. The number of rotatable bonds is 6. The molecule has 2 heteroatoms. The largest absolute Gasteiger partial charge is 0.329 e. The Morgan fingerprint density at radius 3 is 2.06 bits per heavy atom. The molecule has 0 aromatic carbocycles. The van der Waals surface area contributed by atoms with Crippen LogP contribution in [0.2, 0.25) is 0 Å². The van der Waals surface area contributed by atoms with Crippen LogP contribution in [0.3, 0.4) is 0 Å². The Labute approximate surface area is 108 Å². The van der Waals surface area contributed by atoms with Gasteiger partial charge in [0.2, 0.25) is 0 Å². The molecule has 2 N–H and O–H groups in total. The van der Waals surface area contributed by atoms with E-state index in [0.29, 0.717) is 5.92 Å². The third-order valence-electron chi connectivity index (χ3n) is 4.64. The Balaban J connectivity index is 2.86. The molecule has 1 rings (SSSR count). The van der Waals surface area contributed by atoms with Gasteiger partial charge in [0.25, 0.3) is 0 Å². The van der Waals surface area contributed by atoms with Gasteiger partial charge >= 0.3 is 0 Å². The van der Waals surface area contributed by atoms with E-state index in [0.717, 1.165) is 18.5 Å². The van der Waals surface area contributed by atoms with Crippen LogP contribution in [0.15, 0.2) is 0 Å². The fourth-order valence-corrected chi connectivity index (χ4v) is 3.07. The van der Waals surface area contributed by atoms with Gasteiger partial charge in [-0.1, -0.05) is 40.5 Å². The van der Waals surface area contributed by atoms with Crippen molar-refractivity contribution in [3.05, 3.63) is 0 Å². The van der Waals surface area contributed by atoms with Gasteiger partial charge in [-0.25, -0.2) is 0 Å². The van der Waals surface area contributed by atoms with Gasteiger partial charge in [-0.05, 0) is 31.6 Å². The third-order valence-corrected chi connectivity index (χ3v) is 4.64. The van der Waals surface area contributed by atoms with Gasteiger partial charge in [-0.3, -0.25) is 4.90 Å². The van der Waals surface area contributed by atoms with E-state index in [1.807, 2.05) is 0 Å². The number of hydrogen-bond acceptors (Lipinski definition) is 2. The summed E-state index contributed by atoms with van der Waals surface area (Å²) in [5.41, 5.74) is 6.28. The molecule has 0 amide bonds. The molecule has 2 nitrogen and oxygen atoms in total. The van der Waals surface area contributed by atoms with Crippen LogP contribution >= 0.6 is 0 Å². The van der Waals surface area contributed by atoms with Crippen molar-refractivity contribution in [1.82, 2.24) is 4.90 Å². The SMILES string of the molecule is CC(C)CN(C1CCCC1)C(C)(CN)C(C)C. The van der Waals surface area contributed by atoms with Crippen LogP contribution in [0.5, 0.6) is 0 Å². The Kier molecular flexibility index (Phi) is 5.46. The first-order valence-electron chi connectivity index (χ1n) is 7.38. The average Bonchev–Trinajstić information content (AvgIpc) is 2.77. The lowest BCUT2D eigenvalue weighted by atomic mass is 9.84. The van der Waals surface area contributed by atoms with Crippen LogP contribution in [-0.4, -0.2) is 29.6 Å². The van der Waals surface area contributed by atoms with E-state index < -0.39 is 0 Å².